The van der Waals surface area contributed by atoms with Crippen LogP contribution in [0.5, 0.6) is 11.5 Å². The second kappa shape index (κ2) is 6.52. The standard InChI is InChI=1S/C20H20O2/c1-3-4-5-7-16-8-6-9-18(15(16)2)17-10-11-19-20(14-17)22-13-12-21-19/h3-11,14H,12-13H2,1-2H3/b4-3+,7-5+. The van der Waals surface area contributed by atoms with Crippen LogP contribution < -0.4 is 9.47 Å². The molecule has 0 bridgehead atoms. The predicted octanol–water partition coefficient (Wildman–Crippen LogP) is 5.02. The minimum Gasteiger partial charge on any atom is -0.486 e. The molecule has 0 atom stereocenters. The summed E-state index contributed by atoms with van der Waals surface area (Å²) in [5.74, 6) is 1.66. The van der Waals surface area contributed by atoms with Gasteiger partial charge in [-0.25, -0.2) is 0 Å². The zero-order valence-corrected chi connectivity index (χ0v) is 13.0. The van der Waals surface area contributed by atoms with Crippen molar-refractivity contribution in [3.8, 4) is 22.6 Å². The molecule has 0 saturated carbocycles. The molecular formula is C20H20O2. The average Bonchev–Trinajstić information content (AvgIpc) is 2.56. The summed E-state index contributed by atoms with van der Waals surface area (Å²) in [6, 6.07) is 12.5. The third kappa shape index (κ3) is 2.91. The number of fused-ring (bicyclic) bond motifs is 1. The van der Waals surface area contributed by atoms with Gasteiger partial charge in [0, 0.05) is 0 Å². The van der Waals surface area contributed by atoms with Crippen molar-refractivity contribution >= 4 is 6.08 Å². The molecule has 22 heavy (non-hydrogen) atoms. The fourth-order valence-electron chi connectivity index (χ4n) is 2.63. The van der Waals surface area contributed by atoms with Crippen molar-refractivity contribution in [3.63, 3.8) is 0 Å². The minimum absolute atomic E-state index is 0.613. The Kier molecular flexibility index (Phi) is 4.29. The van der Waals surface area contributed by atoms with E-state index in [1.165, 1.54) is 16.7 Å². The molecule has 0 amide bonds. The predicted molar refractivity (Wildman–Crippen MR) is 91.5 cm³/mol. The molecule has 2 heteroatoms. The van der Waals surface area contributed by atoms with Crippen molar-refractivity contribution < 1.29 is 9.47 Å². The van der Waals surface area contributed by atoms with Gasteiger partial charge in [0.25, 0.3) is 0 Å². The fourth-order valence-corrected chi connectivity index (χ4v) is 2.63. The maximum absolute atomic E-state index is 5.69. The summed E-state index contributed by atoms with van der Waals surface area (Å²) in [4.78, 5) is 0. The van der Waals surface area contributed by atoms with Crippen LogP contribution in [0.2, 0.25) is 0 Å². The number of allylic oxidation sites excluding steroid dienone is 3. The van der Waals surface area contributed by atoms with Crippen LogP contribution in [0.4, 0.5) is 0 Å². The van der Waals surface area contributed by atoms with Crippen LogP contribution in [0.1, 0.15) is 18.1 Å². The molecule has 112 valence electrons. The van der Waals surface area contributed by atoms with Gasteiger partial charge in [-0.3, -0.25) is 0 Å². The average molecular weight is 292 g/mol. The van der Waals surface area contributed by atoms with E-state index in [2.05, 4.69) is 49.4 Å². The summed E-state index contributed by atoms with van der Waals surface area (Å²) < 4.78 is 11.3. The number of rotatable bonds is 3. The van der Waals surface area contributed by atoms with Crippen LogP contribution in [0, 0.1) is 6.92 Å². The quantitative estimate of drug-likeness (QED) is 0.739. The highest BCUT2D eigenvalue weighted by Gasteiger charge is 2.13. The monoisotopic (exact) mass is 292 g/mol. The fraction of sp³-hybridized carbons (Fsp3) is 0.200. The largest absolute Gasteiger partial charge is 0.486 e. The van der Waals surface area contributed by atoms with Gasteiger partial charge in [0.2, 0.25) is 0 Å². The first-order valence-corrected chi connectivity index (χ1v) is 7.58. The molecule has 0 saturated heterocycles. The number of hydrogen-bond donors (Lipinski definition) is 0. The highest BCUT2D eigenvalue weighted by Crippen LogP contribution is 2.36. The summed E-state index contributed by atoms with van der Waals surface area (Å²) >= 11 is 0. The van der Waals surface area contributed by atoms with Crippen LogP contribution in [0.3, 0.4) is 0 Å². The third-order valence-electron chi connectivity index (χ3n) is 3.81. The first kappa shape index (κ1) is 14.5. The molecule has 2 aromatic carbocycles. The van der Waals surface area contributed by atoms with Crippen molar-refractivity contribution in [2.24, 2.45) is 0 Å². The Bertz CT molecular complexity index is 726. The van der Waals surface area contributed by atoms with Crippen LogP contribution in [-0.4, -0.2) is 13.2 Å². The highest BCUT2D eigenvalue weighted by atomic mass is 16.6. The van der Waals surface area contributed by atoms with Gasteiger partial charge in [-0.15, -0.1) is 0 Å². The van der Waals surface area contributed by atoms with E-state index in [-0.39, 0.29) is 0 Å². The van der Waals surface area contributed by atoms with E-state index < -0.39 is 0 Å². The van der Waals surface area contributed by atoms with E-state index in [9.17, 15) is 0 Å². The lowest BCUT2D eigenvalue weighted by Gasteiger charge is -2.19. The summed E-state index contributed by atoms with van der Waals surface area (Å²) in [5, 5.41) is 0. The van der Waals surface area contributed by atoms with Crippen LogP contribution in [-0.2, 0) is 0 Å². The Balaban J connectivity index is 1.99. The molecule has 2 aromatic rings. The van der Waals surface area contributed by atoms with E-state index in [4.69, 9.17) is 9.47 Å². The molecule has 0 N–H and O–H groups in total. The van der Waals surface area contributed by atoms with Crippen LogP contribution >= 0.6 is 0 Å². The van der Waals surface area contributed by atoms with Gasteiger partial charge in [0.1, 0.15) is 13.2 Å². The van der Waals surface area contributed by atoms with Crippen molar-refractivity contribution in [2.75, 3.05) is 13.2 Å². The van der Waals surface area contributed by atoms with E-state index in [0.717, 1.165) is 17.1 Å². The first-order chi connectivity index (χ1) is 10.8. The molecule has 0 unspecified atom stereocenters. The Labute approximate surface area is 131 Å². The minimum atomic E-state index is 0.613. The Morgan fingerprint density at radius 3 is 2.59 bits per heavy atom. The molecule has 0 radical (unpaired) electrons. The third-order valence-corrected chi connectivity index (χ3v) is 3.81. The molecule has 1 aliphatic rings. The molecule has 0 aromatic heterocycles. The maximum atomic E-state index is 5.69. The van der Waals surface area contributed by atoms with Crippen LogP contribution in [0.15, 0.2) is 54.6 Å². The first-order valence-electron chi connectivity index (χ1n) is 7.58. The van der Waals surface area contributed by atoms with Crippen LogP contribution in [0.25, 0.3) is 17.2 Å². The summed E-state index contributed by atoms with van der Waals surface area (Å²) in [6.45, 7) is 5.41. The SMILES string of the molecule is C/C=C/C=C/c1cccc(-c2ccc3c(c2)OCCO3)c1C. The highest BCUT2D eigenvalue weighted by molar-refractivity contribution is 5.74. The molecule has 0 spiro atoms. The van der Waals surface area contributed by atoms with Crippen molar-refractivity contribution in [3.05, 3.63) is 65.8 Å². The lowest BCUT2D eigenvalue weighted by molar-refractivity contribution is 0.171. The van der Waals surface area contributed by atoms with E-state index in [1.807, 2.05) is 25.1 Å². The zero-order valence-electron chi connectivity index (χ0n) is 13.0. The van der Waals surface area contributed by atoms with Gasteiger partial charge in [-0.2, -0.15) is 0 Å². The molecular weight excluding hydrogens is 272 g/mol. The Morgan fingerprint density at radius 1 is 0.955 bits per heavy atom. The summed E-state index contributed by atoms with van der Waals surface area (Å²) in [7, 11) is 0. The lowest BCUT2D eigenvalue weighted by Crippen LogP contribution is -2.15. The van der Waals surface area contributed by atoms with Gasteiger partial charge in [0.05, 0.1) is 0 Å². The topological polar surface area (TPSA) is 18.5 Å². The zero-order chi connectivity index (χ0) is 15.4. The van der Waals surface area contributed by atoms with E-state index in [1.54, 1.807) is 0 Å². The smallest absolute Gasteiger partial charge is 0.161 e. The molecule has 2 nitrogen and oxygen atoms in total. The van der Waals surface area contributed by atoms with Gasteiger partial charge in [0.15, 0.2) is 11.5 Å². The summed E-state index contributed by atoms with van der Waals surface area (Å²) in [5.41, 5.74) is 4.87. The Morgan fingerprint density at radius 2 is 1.77 bits per heavy atom. The van der Waals surface area contributed by atoms with E-state index >= 15 is 0 Å². The normalized spacial score (nSPS) is 13.9. The Hall–Kier alpha value is -2.48. The van der Waals surface area contributed by atoms with Gasteiger partial charge in [-0.05, 0) is 48.2 Å². The van der Waals surface area contributed by atoms with Gasteiger partial charge < -0.3 is 9.47 Å². The number of hydrogen-bond acceptors (Lipinski definition) is 2. The van der Waals surface area contributed by atoms with E-state index in [0.29, 0.717) is 13.2 Å². The molecule has 0 aliphatic carbocycles. The van der Waals surface area contributed by atoms with Gasteiger partial charge in [-0.1, -0.05) is 48.6 Å². The maximum Gasteiger partial charge on any atom is 0.161 e. The summed E-state index contributed by atoms with van der Waals surface area (Å²) in [6.07, 6.45) is 8.26. The lowest BCUT2D eigenvalue weighted by atomic mass is 9.96. The number of benzene rings is 2. The molecule has 0 fully saturated rings. The second-order valence-electron chi connectivity index (χ2n) is 5.26. The van der Waals surface area contributed by atoms with Crippen molar-refractivity contribution in [1.82, 2.24) is 0 Å². The number of ether oxygens (including phenoxy) is 2. The van der Waals surface area contributed by atoms with Gasteiger partial charge >= 0.3 is 0 Å². The van der Waals surface area contributed by atoms with Crippen molar-refractivity contribution in [1.29, 1.82) is 0 Å². The van der Waals surface area contributed by atoms with Crippen molar-refractivity contribution in [2.45, 2.75) is 13.8 Å². The molecule has 3 rings (SSSR count). The molecule has 1 heterocycles. The molecule has 1 aliphatic heterocycles. The second-order valence-corrected chi connectivity index (χ2v) is 5.26.